The minimum Gasteiger partial charge on any atom is -0.497 e. The van der Waals surface area contributed by atoms with Crippen LogP contribution in [0.25, 0.3) is 16.9 Å². The van der Waals surface area contributed by atoms with Gasteiger partial charge >= 0.3 is 0 Å². The van der Waals surface area contributed by atoms with Gasteiger partial charge in [0.2, 0.25) is 0 Å². The smallest absolute Gasteiger partial charge is 0.166 e. The fourth-order valence-electron chi connectivity index (χ4n) is 2.09. The average molecular weight is 299 g/mol. The van der Waals surface area contributed by atoms with E-state index in [-0.39, 0.29) is 0 Å². The molecule has 3 rings (SSSR count). The molecule has 1 heterocycles. The second kappa shape index (κ2) is 5.61. The number of ether oxygens (including phenoxy) is 1. The maximum atomic E-state index is 5.47. The van der Waals surface area contributed by atoms with Crippen molar-refractivity contribution in [3.63, 3.8) is 0 Å². The molecule has 0 aliphatic carbocycles. The molecule has 0 unspecified atom stereocenters. The Morgan fingerprint density at radius 3 is 2.35 bits per heavy atom. The predicted molar refractivity (Wildman–Crippen MR) is 86.5 cm³/mol. The van der Waals surface area contributed by atoms with Crippen molar-refractivity contribution in [2.75, 3.05) is 7.11 Å². The van der Waals surface area contributed by atoms with E-state index in [9.17, 15) is 0 Å². The second-order valence-electron chi connectivity index (χ2n) is 4.29. The first-order valence-corrected chi connectivity index (χ1v) is 7.49. The van der Waals surface area contributed by atoms with E-state index in [4.69, 9.17) is 17.0 Å². The van der Waals surface area contributed by atoms with E-state index in [1.54, 1.807) is 18.4 Å². The number of hydrogen-bond acceptors (Lipinski definition) is 3. The maximum absolute atomic E-state index is 5.47. The van der Waals surface area contributed by atoms with Crippen molar-refractivity contribution in [3.8, 4) is 22.7 Å². The van der Waals surface area contributed by atoms with E-state index in [1.165, 1.54) is 0 Å². The van der Waals surface area contributed by atoms with Gasteiger partial charge < -0.3 is 4.74 Å². The van der Waals surface area contributed by atoms with Crippen LogP contribution in [-0.4, -0.2) is 11.7 Å². The van der Waals surface area contributed by atoms with Crippen molar-refractivity contribution in [1.29, 1.82) is 0 Å². The zero-order valence-corrected chi connectivity index (χ0v) is 12.6. The van der Waals surface area contributed by atoms with Gasteiger partial charge in [-0.3, -0.25) is 4.57 Å². The maximum Gasteiger partial charge on any atom is 0.166 e. The van der Waals surface area contributed by atoms with E-state index in [0.717, 1.165) is 26.6 Å². The lowest BCUT2D eigenvalue weighted by Crippen LogP contribution is -1.96. The SMILES string of the molecule is COc1ccc(-n2c(-c3ccccc3)csc2=S)cc1. The molecule has 0 amide bonds. The van der Waals surface area contributed by atoms with Gasteiger partial charge in [0.25, 0.3) is 0 Å². The number of aromatic nitrogens is 1. The van der Waals surface area contributed by atoms with Crippen LogP contribution in [0, 0.1) is 3.95 Å². The molecule has 0 atom stereocenters. The molecule has 0 fully saturated rings. The normalized spacial score (nSPS) is 10.4. The summed E-state index contributed by atoms with van der Waals surface area (Å²) in [6.45, 7) is 0. The first kappa shape index (κ1) is 13.1. The highest BCUT2D eigenvalue weighted by Gasteiger charge is 2.08. The van der Waals surface area contributed by atoms with Gasteiger partial charge in [0.1, 0.15) is 5.75 Å². The molecular weight excluding hydrogens is 286 g/mol. The molecule has 0 aliphatic heterocycles. The van der Waals surface area contributed by atoms with E-state index in [0.29, 0.717) is 0 Å². The standard InChI is InChI=1S/C16H13NOS2/c1-18-14-9-7-13(8-10-14)17-15(11-20-16(17)19)12-5-3-2-4-6-12/h2-11H,1H3. The molecule has 0 N–H and O–H groups in total. The highest BCUT2D eigenvalue weighted by atomic mass is 32.1. The Morgan fingerprint density at radius 1 is 1.00 bits per heavy atom. The highest BCUT2D eigenvalue weighted by molar-refractivity contribution is 7.73. The lowest BCUT2D eigenvalue weighted by atomic mass is 10.1. The number of thiazole rings is 1. The molecule has 0 saturated carbocycles. The average Bonchev–Trinajstić information content (AvgIpc) is 2.90. The van der Waals surface area contributed by atoms with Crippen molar-refractivity contribution in [2.24, 2.45) is 0 Å². The first-order valence-electron chi connectivity index (χ1n) is 6.20. The summed E-state index contributed by atoms with van der Waals surface area (Å²) in [5.74, 6) is 0.844. The molecule has 20 heavy (non-hydrogen) atoms. The van der Waals surface area contributed by atoms with Crippen LogP contribution in [0.4, 0.5) is 0 Å². The first-order chi connectivity index (χ1) is 9.79. The third-order valence-corrected chi connectivity index (χ3v) is 4.29. The summed E-state index contributed by atoms with van der Waals surface area (Å²) in [6.07, 6.45) is 0. The summed E-state index contributed by atoms with van der Waals surface area (Å²) in [5.41, 5.74) is 3.33. The third-order valence-electron chi connectivity index (χ3n) is 3.10. The van der Waals surface area contributed by atoms with Gasteiger partial charge in [-0.2, -0.15) is 0 Å². The van der Waals surface area contributed by atoms with E-state index < -0.39 is 0 Å². The Bertz CT molecular complexity index is 757. The van der Waals surface area contributed by atoms with Crippen LogP contribution in [-0.2, 0) is 0 Å². The van der Waals surface area contributed by atoms with Crippen molar-refractivity contribution >= 4 is 23.6 Å². The van der Waals surface area contributed by atoms with Crippen molar-refractivity contribution in [3.05, 3.63) is 63.9 Å². The zero-order chi connectivity index (χ0) is 13.9. The van der Waals surface area contributed by atoms with Crippen LogP contribution in [0.3, 0.4) is 0 Å². The summed E-state index contributed by atoms with van der Waals surface area (Å²) in [6, 6.07) is 18.2. The van der Waals surface area contributed by atoms with Crippen LogP contribution >= 0.6 is 23.6 Å². The summed E-state index contributed by atoms with van der Waals surface area (Å²) in [7, 11) is 1.67. The van der Waals surface area contributed by atoms with Gasteiger partial charge in [-0.05, 0) is 42.0 Å². The monoisotopic (exact) mass is 299 g/mol. The fraction of sp³-hybridized carbons (Fsp3) is 0.0625. The van der Waals surface area contributed by atoms with Gasteiger partial charge in [-0.25, -0.2) is 0 Å². The summed E-state index contributed by atoms with van der Waals surface area (Å²) in [5, 5.41) is 2.10. The Balaban J connectivity index is 2.14. The molecule has 100 valence electrons. The molecule has 0 spiro atoms. The lowest BCUT2D eigenvalue weighted by molar-refractivity contribution is 0.415. The van der Waals surface area contributed by atoms with E-state index >= 15 is 0 Å². The topological polar surface area (TPSA) is 14.2 Å². The van der Waals surface area contributed by atoms with Gasteiger partial charge in [0.15, 0.2) is 3.95 Å². The minimum absolute atomic E-state index is 0.842. The van der Waals surface area contributed by atoms with Crippen LogP contribution in [0.5, 0.6) is 5.75 Å². The Labute approximate surface area is 126 Å². The number of methoxy groups -OCH3 is 1. The third kappa shape index (κ3) is 2.40. The van der Waals surface area contributed by atoms with Crippen molar-refractivity contribution < 1.29 is 4.74 Å². The molecule has 2 nitrogen and oxygen atoms in total. The quantitative estimate of drug-likeness (QED) is 0.636. The van der Waals surface area contributed by atoms with Crippen LogP contribution < -0.4 is 4.74 Å². The Hall–Kier alpha value is -1.91. The largest absolute Gasteiger partial charge is 0.497 e. The lowest BCUT2D eigenvalue weighted by Gasteiger charge is -2.09. The van der Waals surface area contributed by atoms with E-state index in [1.807, 2.05) is 42.5 Å². The minimum atomic E-state index is 0.842. The van der Waals surface area contributed by atoms with Gasteiger partial charge in [-0.1, -0.05) is 30.3 Å². The molecule has 4 heteroatoms. The molecule has 1 aromatic heterocycles. The molecule has 3 aromatic rings. The predicted octanol–water partition coefficient (Wildman–Crippen LogP) is 4.94. The fourth-order valence-corrected chi connectivity index (χ4v) is 3.20. The van der Waals surface area contributed by atoms with Crippen molar-refractivity contribution in [1.82, 2.24) is 4.57 Å². The summed E-state index contributed by atoms with van der Waals surface area (Å²) >= 11 is 7.04. The molecule has 0 radical (unpaired) electrons. The number of nitrogens with zero attached hydrogens (tertiary/aromatic N) is 1. The molecule has 0 bridgehead atoms. The van der Waals surface area contributed by atoms with Crippen LogP contribution in [0.15, 0.2) is 60.0 Å². The van der Waals surface area contributed by atoms with Gasteiger partial charge in [0.05, 0.1) is 12.8 Å². The zero-order valence-electron chi connectivity index (χ0n) is 10.9. The van der Waals surface area contributed by atoms with Gasteiger partial charge in [-0.15, -0.1) is 11.3 Å². The molecule has 2 aromatic carbocycles. The van der Waals surface area contributed by atoms with Crippen molar-refractivity contribution in [2.45, 2.75) is 0 Å². The number of rotatable bonds is 3. The highest BCUT2D eigenvalue weighted by Crippen LogP contribution is 2.28. The Kier molecular flexibility index (Phi) is 3.67. The molecule has 0 saturated heterocycles. The molecule has 0 aliphatic rings. The number of hydrogen-bond donors (Lipinski definition) is 0. The van der Waals surface area contributed by atoms with Crippen LogP contribution in [0.2, 0.25) is 0 Å². The van der Waals surface area contributed by atoms with Gasteiger partial charge in [0, 0.05) is 11.1 Å². The number of benzene rings is 2. The van der Waals surface area contributed by atoms with E-state index in [2.05, 4.69) is 22.1 Å². The molecular formula is C16H13NOS2. The Morgan fingerprint density at radius 2 is 1.70 bits per heavy atom. The second-order valence-corrected chi connectivity index (χ2v) is 5.79. The van der Waals surface area contributed by atoms with Crippen LogP contribution in [0.1, 0.15) is 0 Å². The summed E-state index contributed by atoms with van der Waals surface area (Å²) < 4.78 is 8.13. The summed E-state index contributed by atoms with van der Waals surface area (Å²) in [4.78, 5) is 0.